The van der Waals surface area contributed by atoms with E-state index in [1.54, 1.807) is 6.92 Å². The van der Waals surface area contributed by atoms with Crippen molar-refractivity contribution in [2.24, 2.45) is 0 Å². The van der Waals surface area contributed by atoms with E-state index >= 15 is 0 Å². The molecule has 0 saturated carbocycles. The van der Waals surface area contributed by atoms with E-state index in [2.05, 4.69) is 37.4 Å². The van der Waals surface area contributed by atoms with Gasteiger partial charge < -0.3 is 5.32 Å². The second kappa shape index (κ2) is 5.70. The molecule has 0 heterocycles. The van der Waals surface area contributed by atoms with Crippen molar-refractivity contribution < 1.29 is 4.79 Å². The number of amides is 1. The Hall–Kier alpha value is -2.09. The molecule has 0 radical (unpaired) electrons. The maximum absolute atomic E-state index is 11.5. The molecule has 0 bridgehead atoms. The number of hydrogen-bond acceptors (Lipinski definition) is 1. The van der Waals surface area contributed by atoms with Crippen LogP contribution in [0, 0.1) is 13.8 Å². The Kier molecular flexibility index (Phi) is 4.00. The fourth-order valence-corrected chi connectivity index (χ4v) is 2.34. The van der Waals surface area contributed by atoms with Crippen molar-refractivity contribution in [3.8, 4) is 0 Å². The van der Waals surface area contributed by atoms with Gasteiger partial charge in [-0.25, -0.2) is 0 Å². The van der Waals surface area contributed by atoms with Gasteiger partial charge in [-0.3, -0.25) is 4.79 Å². The fraction of sp³-hybridized carbons (Fsp3) is 0.235. The van der Waals surface area contributed by atoms with Crippen LogP contribution in [0.4, 0.5) is 0 Å². The number of hydrogen-bond donors (Lipinski definition) is 1. The Morgan fingerprint density at radius 3 is 2.32 bits per heavy atom. The van der Waals surface area contributed by atoms with Crippen LogP contribution in [0.3, 0.4) is 0 Å². The van der Waals surface area contributed by atoms with Crippen molar-refractivity contribution in [2.45, 2.75) is 26.8 Å². The number of carbonyl (C=O) groups is 1. The highest BCUT2D eigenvalue weighted by atomic mass is 16.1. The highest BCUT2D eigenvalue weighted by Crippen LogP contribution is 2.25. The lowest BCUT2D eigenvalue weighted by Gasteiger charge is -2.21. The zero-order valence-corrected chi connectivity index (χ0v) is 11.6. The molecule has 2 nitrogen and oxygen atoms in total. The van der Waals surface area contributed by atoms with Gasteiger partial charge in [0, 0.05) is 6.92 Å². The summed E-state index contributed by atoms with van der Waals surface area (Å²) in [6.45, 7) is 5.71. The van der Waals surface area contributed by atoms with Gasteiger partial charge in [0.1, 0.15) is 0 Å². The molecule has 2 aromatic rings. The van der Waals surface area contributed by atoms with E-state index in [-0.39, 0.29) is 11.9 Å². The van der Waals surface area contributed by atoms with E-state index in [0.717, 1.165) is 11.1 Å². The topological polar surface area (TPSA) is 29.1 Å². The molecule has 0 fully saturated rings. The first-order valence-corrected chi connectivity index (χ1v) is 6.47. The summed E-state index contributed by atoms with van der Waals surface area (Å²) in [7, 11) is 0. The zero-order valence-electron chi connectivity index (χ0n) is 11.6. The third-order valence-corrected chi connectivity index (χ3v) is 3.22. The van der Waals surface area contributed by atoms with Crippen molar-refractivity contribution in [1.29, 1.82) is 0 Å². The highest BCUT2D eigenvalue weighted by Gasteiger charge is 2.16. The maximum Gasteiger partial charge on any atom is 0.217 e. The fourth-order valence-electron chi connectivity index (χ4n) is 2.34. The molecule has 1 unspecified atom stereocenters. The Labute approximate surface area is 114 Å². The van der Waals surface area contributed by atoms with Crippen LogP contribution in [0.25, 0.3) is 0 Å². The molecule has 98 valence electrons. The van der Waals surface area contributed by atoms with Crippen LogP contribution in [-0.4, -0.2) is 5.91 Å². The molecule has 19 heavy (non-hydrogen) atoms. The summed E-state index contributed by atoms with van der Waals surface area (Å²) in [5.74, 6) is -0.0196. The van der Waals surface area contributed by atoms with Crippen LogP contribution in [0.5, 0.6) is 0 Å². The van der Waals surface area contributed by atoms with Crippen molar-refractivity contribution in [3.63, 3.8) is 0 Å². The number of nitrogens with one attached hydrogen (secondary N) is 1. The van der Waals surface area contributed by atoms with Crippen molar-refractivity contribution in [3.05, 3.63) is 70.8 Å². The molecular weight excluding hydrogens is 234 g/mol. The summed E-state index contributed by atoms with van der Waals surface area (Å²) in [6.07, 6.45) is 0. The van der Waals surface area contributed by atoms with Crippen LogP contribution < -0.4 is 5.32 Å². The Morgan fingerprint density at radius 1 is 1.05 bits per heavy atom. The molecule has 2 rings (SSSR count). The second-order valence-electron chi connectivity index (χ2n) is 4.90. The summed E-state index contributed by atoms with van der Waals surface area (Å²) < 4.78 is 0. The van der Waals surface area contributed by atoms with Crippen molar-refractivity contribution in [2.75, 3.05) is 0 Å². The van der Waals surface area contributed by atoms with Crippen LogP contribution in [0.15, 0.2) is 48.5 Å². The molecule has 2 aromatic carbocycles. The maximum atomic E-state index is 11.5. The minimum absolute atomic E-state index is 0.0196. The van der Waals surface area contributed by atoms with Gasteiger partial charge in [0.15, 0.2) is 0 Å². The molecule has 0 saturated heterocycles. The largest absolute Gasteiger partial charge is 0.345 e. The molecule has 0 aromatic heterocycles. The van der Waals surface area contributed by atoms with Gasteiger partial charge in [0.25, 0.3) is 0 Å². The molecule has 1 atom stereocenters. The average molecular weight is 253 g/mol. The van der Waals surface area contributed by atoms with E-state index < -0.39 is 0 Å². The standard InChI is InChI=1S/C17H19NO/c1-12-9-10-16(13(2)11-12)17(18-14(3)19)15-7-5-4-6-8-15/h4-11,17H,1-3H3,(H,18,19). The van der Waals surface area contributed by atoms with E-state index in [9.17, 15) is 4.79 Å². The monoisotopic (exact) mass is 253 g/mol. The molecule has 0 spiro atoms. The van der Waals surface area contributed by atoms with Crippen LogP contribution in [0.2, 0.25) is 0 Å². The average Bonchev–Trinajstić information content (AvgIpc) is 2.37. The lowest BCUT2D eigenvalue weighted by molar-refractivity contribution is -0.119. The second-order valence-corrected chi connectivity index (χ2v) is 4.90. The molecule has 2 heteroatoms. The quantitative estimate of drug-likeness (QED) is 0.890. The minimum atomic E-state index is -0.0840. The number of aryl methyl sites for hydroxylation is 2. The van der Waals surface area contributed by atoms with Crippen molar-refractivity contribution in [1.82, 2.24) is 5.32 Å². The molecule has 0 aliphatic rings. The summed E-state index contributed by atoms with van der Waals surface area (Å²) >= 11 is 0. The number of rotatable bonds is 3. The predicted octanol–water partition coefficient (Wildman–Crippen LogP) is 3.53. The molecule has 0 aliphatic carbocycles. The smallest absolute Gasteiger partial charge is 0.217 e. The SMILES string of the molecule is CC(=O)NC(c1ccccc1)c1ccc(C)cc1C. The van der Waals surface area contributed by atoms with E-state index in [1.807, 2.05) is 30.3 Å². The summed E-state index contributed by atoms with van der Waals surface area (Å²) in [4.78, 5) is 11.5. The minimum Gasteiger partial charge on any atom is -0.345 e. The van der Waals surface area contributed by atoms with Crippen LogP contribution in [-0.2, 0) is 4.79 Å². The first-order valence-electron chi connectivity index (χ1n) is 6.47. The summed E-state index contributed by atoms with van der Waals surface area (Å²) in [5.41, 5.74) is 4.68. The van der Waals surface area contributed by atoms with E-state index in [1.165, 1.54) is 11.1 Å². The lowest BCUT2D eigenvalue weighted by Crippen LogP contribution is -2.27. The van der Waals surface area contributed by atoms with Crippen molar-refractivity contribution >= 4 is 5.91 Å². The van der Waals surface area contributed by atoms with E-state index in [0.29, 0.717) is 0 Å². The first-order chi connectivity index (χ1) is 9.08. The molecule has 1 N–H and O–H groups in total. The van der Waals surface area contributed by atoms with E-state index in [4.69, 9.17) is 0 Å². The number of benzene rings is 2. The van der Waals surface area contributed by atoms with Gasteiger partial charge in [-0.2, -0.15) is 0 Å². The zero-order chi connectivity index (χ0) is 13.8. The normalized spacial score (nSPS) is 11.9. The Bertz CT molecular complexity index is 575. The lowest BCUT2D eigenvalue weighted by atomic mass is 9.94. The third kappa shape index (κ3) is 3.22. The van der Waals surface area contributed by atoms with Gasteiger partial charge in [-0.05, 0) is 30.5 Å². The molecule has 1 amide bonds. The van der Waals surface area contributed by atoms with Crippen LogP contribution in [0.1, 0.15) is 35.2 Å². The number of carbonyl (C=O) groups excluding carboxylic acids is 1. The van der Waals surface area contributed by atoms with Gasteiger partial charge in [-0.15, -0.1) is 0 Å². The third-order valence-electron chi connectivity index (χ3n) is 3.22. The summed E-state index contributed by atoms with van der Waals surface area (Å²) in [5, 5.41) is 3.03. The van der Waals surface area contributed by atoms with Gasteiger partial charge in [0.2, 0.25) is 5.91 Å². The molecule has 0 aliphatic heterocycles. The van der Waals surface area contributed by atoms with Gasteiger partial charge in [-0.1, -0.05) is 54.1 Å². The van der Waals surface area contributed by atoms with Gasteiger partial charge in [0.05, 0.1) is 6.04 Å². The highest BCUT2D eigenvalue weighted by molar-refractivity contribution is 5.74. The van der Waals surface area contributed by atoms with Crippen LogP contribution >= 0.6 is 0 Å². The molecular formula is C17H19NO. The Morgan fingerprint density at radius 2 is 1.74 bits per heavy atom. The Balaban J connectivity index is 2.46. The van der Waals surface area contributed by atoms with Gasteiger partial charge >= 0.3 is 0 Å². The first kappa shape index (κ1) is 13.3. The summed E-state index contributed by atoms with van der Waals surface area (Å²) in [6, 6.07) is 16.3. The predicted molar refractivity (Wildman–Crippen MR) is 78.0 cm³/mol.